The molecule has 0 saturated heterocycles. The van der Waals surface area contributed by atoms with Gasteiger partial charge in [0.15, 0.2) is 0 Å². The van der Waals surface area contributed by atoms with Gasteiger partial charge in [-0.3, -0.25) is 9.89 Å². The van der Waals surface area contributed by atoms with Crippen molar-refractivity contribution in [1.29, 1.82) is 0 Å². The monoisotopic (exact) mass is 471 g/mol. The Balaban J connectivity index is 1.86. The van der Waals surface area contributed by atoms with Crippen molar-refractivity contribution >= 4 is 17.3 Å². The molecule has 0 aliphatic heterocycles. The van der Waals surface area contributed by atoms with Crippen LogP contribution in [0.25, 0.3) is 0 Å². The number of nitrogens with two attached hydrogens (primary N) is 1. The largest absolute Gasteiger partial charge is 0.491 e. The van der Waals surface area contributed by atoms with E-state index >= 15 is 0 Å². The number of nitrogens with zero attached hydrogens (tertiary/aromatic N) is 2. The van der Waals surface area contributed by atoms with Crippen LogP contribution in [0.4, 0.5) is 0 Å². The Bertz CT molecular complexity index is 954. The maximum Gasteiger partial charge on any atom is 0.120 e. The third-order valence-electron chi connectivity index (χ3n) is 4.94. The number of hydrogen-bond donors (Lipinski definition) is 2. The summed E-state index contributed by atoms with van der Waals surface area (Å²) in [5.41, 5.74) is 9.59. The van der Waals surface area contributed by atoms with Crippen LogP contribution in [0.1, 0.15) is 19.4 Å². The van der Waals surface area contributed by atoms with Crippen molar-refractivity contribution in [3.8, 4) is 11.5 Å². The summed E-state index contributed by atoms with van der Waals surface area (Å²) in [5.74, 6) is 1.41. The van der Waals surface area contributed by atoms with Gasteiger partial charge in [-0.2, -0.15) is 0 Å². The van der Waals surface area contributed by atoms with E-state index in [4.69, 9.17) is 26.8 Å². The lowest BCUT2D eigenvalue weighted by atomic mass is 10.1. The van der Waals surface area contributed by atoms with Crippen LogP contribution in [-0.4, -0.2) is 55.2 Å². The number of benzene rings is 2. The molecule has 0 spiro atoms. The van der Waals surface area contributed by atoms with E-state index in [0.717, 1.165) is 22.6 Å². The zero-order chi connectivity index (χ0) is 24.2. The number of aliphatic imine (C=N–C) groups is 1. The molecule has 0 fully saturated rings. The summed E-state index contributed by atoms with van der Waals surface area (Å²) in [6.45, 7) is 9.53. The average molecular weight is 472 g/mol. The molecule has 0 aliphatic rings. The number of aliphatic hydroxyl groups is 1. The van der Waals surface area contributed by atoms with Gasteiger partial charge in [-0.05, 0) is 56.8 Å². The second kappa shape index (κ2) is 13.7. The van der Waals surface area contributed by atoms with Gasteiger partial charge in [0, 0.05) is 35.1 Å². The summed E-state index contributed by atoms with van der Waals surface area (Å²) in [5, 5.41) is 11.1. The second-order valence-electron chi connectivity index (χ2n) is 7.89. The van der Waals surface area contributed by atoms with Crippen molar-refractivity contribution in [2.75, 3.05) is 33.4 Å². The van der Waals surface area contributed by atoms with Crippen molar-refractivity contribution in [3.05, 3.63) is 83.0 Å². The number of aliphatic hydroxyl groups excluding tert-OH is 1. The van der Waals surface area contributed by atoms with Crippen LogP contribution in [0, 0.1) is 0 Å². The average Bonchev–Trinajstić information content (AvgIpc) is 2.79. The van der Waals surface area contributed by atoms with Crippen LogP contribution in [0.15, 0.2) is 77.4 Å². The molecule has 178 valence electrons. The zero-order valence-corrected chi connectivity index (χ0v) is 20.4. The molecule has 0 amide bonds. The smallest absolute Gasteiger partial charge is 0.120 e. The molecule has 6 nitrogen and oxygen atoms in total. The van der Waals surface area contributed by atoms with Gasteiger partial charge in [0.2, 0.25) is 0 Å². The molecule has 33 heavy (non-hydrogen) atoms. The summed E-state index contributed by atoms with van der Waals surface area (Å²) in [4.78, 5) is 6.68. The van der Waals surface area contributed by atoms with Crippen molar-refractivity contribution in [2.24, 2.45) is 10.7 Å². The maximum absolute atomic E-state index is 10.4. The minimum atomic E-state index is -0.661. The lowest BCUT2D eigenvalue weighted by molar-refractivity contribution is 0.0791. The van der Waals surface area contributed by atoms with E-state index in [2.05, 4.69) is 11.6 Å². The third-order valence-corrected chi connectivity index (χ3v) is 5.31. The predicted octanol–water partition coefficient (Wildman–Crippen LogP) is 4.47. The molecule has 0 heterocycles. The maximum atomic E-state index is 10.4. The Labute approximate surface area is 202 Å². The Hall–Kier alpha value is -2.80. The minimum absolute atomic E-state index is 0.178. The molecule has 0 bridgehead atoms. The number of likely N-dealkylation sites (N-methyl/N-ethyl adjacent to an activating group) is 1. The van der Waals surface area contributed by atoms with E-state index in [9.17, 15) is 5.11 Å². The first-order valence-electron chi connectivity index (χ1n) is 10.8. The van der Waals surface area contributed by atoms with E-state index in [1.165, 1.54) is 0 Å². The molecule has 0 saturated carbocycles. The number of rotatable bonds is 13. The Morgan fingerprint density at radius 3 is 2.39 bits per heavy atom. The molecule has 3 N–H and O–H groups in total. The molecule has 7 heteroatoms. The normalized spacial score (nSPS) is 13.5. The van der Waals surface area contributed by atoms with Gasteiger partial charge in [-0.25, -0.2) is 0 Å². The molecule has 2 aromatic rings. The molecular formula is C26H34ClN3O3. The highest BCUT2D eigenvalue weighted by Gasteiger charge is 2.14. The zero-order valence-electron chi connectivity index (χ0n) is 19.6. The first-order chi connectivity index (χ1) is 15.8. The SMILES string of the molecule is C=CCOc1ccc(OCC(O)CN(C)C/C(C(C)=NCc2ccccc2Cl)=C(\C)N)cc1. The Morgan fingerprint density at radius 1 is 1.15 bits per heavy atom. The van der Waals surface area contributed by atoms with Crippen LogP contribution in [0.5, 0.6) is 11.5 Å². The third kappa shape index (κ3) is 9.30. The van der Waals surface area contributed by atoms with Crippen molar-refractivity contribution in [3.63, 3.8) is 0 Å². The summed E-state index contributed by atoms with van der Waals surface area (Å²) >= 11 is 6.23. The van der Waals surface area contributed by atoms with Gasteiger partial charge in [0.1, 0.15) is 30.8 Å². The number of allylic oxidation sites excluding steroid dienone is 1. The molecule has 1 atom stereocenters. The topological polar surface area (TPSA) is 80.3 Å². The highest BCUT2D eigenvalue weighted by molar-refractivity contribution is 6.31. The van der Waals surface area contributed by atoms with Gasteiger partial charge in [0.05, 0.1) is 6.54 Å². The van der Waals surface area contributed by atoms with Crippen molar-refractivity contribution < 1.29 is 14.6 Å². The van der Waals surface area contributed by atoms with Gasteiger partial charge in [-0.15, -0.1) is 0 Å². The van der Waals surface area contributed by atoms with Gasteiger partial charge >= 0.3 is 0 Å². The number of halogens is 1. The van der Waals surface area contributed by atoms with E-state index in [1.807, 2.05) is 74.3 Å². The lowest BCUT2D eigenvalue weighted by Crippen LogP contribution is -2.35. The van der Waals surface area contributed by atoms with E-state index in [1.54, 1.807) is 6.08 Å². The van der Waals surface area contributed by atoms with Crippen LogP contribution in [0.2, 0.25) is 5.02 Å². The minimum Gasteiger partial charge on any atom is -0.491 e. The standard InChI is InChI=1S/C26H34ClN3O3/c1-5-14-32-23-10-12-24(13-11-23)33-18-22(31)16-30(4)17-25(19(2)28)20(3)29-15-21-8-6-7-9-26(21)27/h5-13,22,31H,1,14-18,28H2,2-4H3/b25-19-,29-20?. The van der Waals surface area contributed by atoms with Gasteiger partial charge in [-0.1, -0.05) is 42.5 Å². The predicted molar refractivity (Wildman–Crippen MR) is 136 cm³/mol. The van der Waals surface area contributed by atoms with Crippen molar-refractivity contribution in [1.82, 2.24) is 4.90 Å². The molecule has 2 aromatic carbocycles. The highest BCUT2D eigenvalue weighted by Crippen LogP contribution is 2.18. The van der Waals surface area contributed by atoms with E-state index in [-0.39, 0.29) is 6.61 Å². The molecule has 1 unspecified atom stereocenters. The van der Waals surface area contributed by atoms with Crippen LogP contribution < -0.4 is 15.2 Å². The van der Waals surface area contributed by atoms with Crippen LogP contribution >= 0.6 is 11.6 Å². The molecule has 0 radical (unpaired) electrons. The fourth-order valence-electron chi connectivity index (χ4n) is 3.18. The van der Waals surface area contributed by atoms with Crippen LogP contribution in [0.3, 0.4) is 0 Å². The quantitative estimate of drug-likeness (QED) is 0.333. The Kier molecular flexibility index (Phi) is 11.0. The van der Waals surface area contributed by atoms with Gasteiger partial charge < -0.3 is 20.3 Å². The lowest BCUT2D eigenvalue weighted by Gasteiger charge is -2.23. The first-order valence-corrected chi connectivity index (χ1v) is 11.2. The van der Waals surface area contributed by atoms with E-state index < -0.39 is 6.10 Å². The molecule has 0 aliphatic carbocycles. The summed E-state index contributed by atoms with van der Waals surface area (Å²) in [6, 6.07) is 14.9. The highest BCUT2D eigenvalue weighted by atomic mass is 35.5. The summed E-state index contributed by atoms with van der Waals surface area (Å²) in [7, 11) is 1.93. The Morgan fingerprint density at radius 2 is 1.79 bits per heavy atom. The number of ether oxygens (including phenoxy) is 2. The first kappa shape index (κ1) is 26.5. The summed E-state index contributed by atoms with van der Waals surface area (Å²) < 4.78 is 11.2. The fraction of sp³-hybridized carbons (Fsp3) is 0.346. The molecule has 2 rings (SSSR count). The van der Waals surface area contributed by atoms with E-state index in [0.29, 0.717) is 42.7 Å². The molecule has 0 aromatic heterocycles. The second-order valence-corrected chi connectivity index (χ2v) is 8.29. The van der Waals surface area contributed by atoms with Crippen molar-refractivity contribution in [2.45, 2.75) is 26.5 Å². The number of hydrogen-bond acceptors (Lipinski definition) is 6. The molecular weight excluding hydrogens is 438 g/mol. The van der Waals surface area contributed by atoms with Gasteiger partial charge in [0.25, 0.3) is 0 Å². The summed E-state index contributed by atoms with van der Waals surface area (Å²) in [6.07, 6.45) is 1.03. The fourth-order valence-corrected chi connectivity index (χ4v) is 3.37. The van der Waals surface area contributed by atoms with Crippen LogP contribution in [-0.2, 0) is 6.54 Å².